The summed E-state index contributed by atoms with van der Waals surface area (Å²) in [6.07, 6.45) is 0. The highest BCUT2D eigenvalue weighted by Gasteiger charge is 2.16. The molecule has 0 atom stereocenters. The van der Waals surface area contributed by atoms with E-state index in [4.69, 9.17) is 0 Å². The zero-order valence-corrected chi connectivity index (χ0v) is 16.1. The molecule has 0 fully saturated rings. The number of nitrogens with one attached hydrogen (secondary N) is 3. The van der Waals surface area contributed by atoms with Gasteiger partial charge in [0.2, 0.25) is 0 Å². The molecule has 5 nitrogen and oxygen atoms in total. The molecule has 2 aromatic carbocycles. The Bertz CT molecular complexity index is 1030. The van der Waals surface area contributed by atoms with Crippen molar-refractivity contribution < 1.29 is 14.0 Å². The van der Waals surface area contributed by atoms with Crippen LogP contribution < -0.4 is 16.2 Å². The quantitative estimate of drug-likeness (QED) is 0.598. The van der Waals surface area contributed by atoms with Gasteiger partial charge >= 0.3 is 0 Å². The van der Waals surface area contributed by atoms with Crippen LogP contribution in [0.5, 0.6) is 0 Å². The number of hydrogen-bond donors (Lipinski definition) is 3. The summed E-state index contributed by atoms with van der Waals surface area (Å²) >= 11 is 1.26. The van der Waals surface area contributed by atoms with Crippen molar-refractivity contribution in [2.75, 3.05) is 11.9 Å². The fourth-order valence-corrected chi connectivity index (χ4v) is 3.91. The molecule has 0 saturated carbocycles. The fourth-order valence-electron chi connectivity index (χ4n) is 2.82. The van der Waals surface area contributed by atoms with E-state index in [9.17, 15) is 14.0 Å². The van der Waals surface area contributed by atoms with E-state index >= 15 is 0 Å². The van der Waals surface area contributed by atoms with Crippen molar-refractivity contribution in [3.05, 3.63) is 63.8 Å². The first-order valence-electron chi connectivity index (χ1n) is 8.44. The zero-order chi connectivity index (χ0) is 19.6. The highest BCUT2D eigenvalue weighted by molar-refractivity contribution is 7.21. The fraction of sp³-hybridized carbons (Fsp3) is 0.200. The third kappa shape index (κ3) is 4.25. The molecule has 0 saturated heterocycles. The Labute approximate surface area is 160 Å². The molecular formula is C20H20FN3O2S. The number of rotatable bonds is 4. The normalized spacial score (nSPS) is 10.7. The molecule has 0 bridgehead atoms. The van der Waals surface area contributed by atoms with Crippen LogP contribution in [0.1, 0.15) is 26.4 Å². The average Bonchev–Trinajstić information content (AvgIpc) is 2.95. The lowest BCUT2D eigenvalue weighted by atomic mass is 10.1. The topological polar surface area (TPSA) is 70.2 Å². The molecule has 1 heterocycles. The second-order valence-corrected chi connectivity index (χ2v) is 7.42. The van der Waals surface area contributed by atoms with E-state index < -0.39 is 5.91 Å². The van der Waals surface area contributed by atoms with Crippen molar-refractivity contribution in [1.29, 1.82) is 0 Å². The van der Waals surface area contributed by atoms with E-state index in [-0.39, 0.29) is 18.3 Å². The lowest BCUT2D eigenvalue weighted by Crippen LogP contribution is -2.44. The van der Waals surface area contributed by atoms with E-state index in [1.54, 1.807) is 13.0 Å². The summed E-state index contributed by atoms with van der Waals surface area (Å²) in [6, 6.07) is 10.3. The summed E-state index contributed by atoms with van der Waals surface area (Å²) in [5.74, 6) is -1.14. The molecule has 0 radical (unpaired) electrons. The molecule has 3 N–H and O–H groups in total. The van der Waals surface area contributed by atoms with Gasteiger partial charge in [0, 0.05) is 10.4 Å². The molecule has 2 amide bonds. The molecule has 0 unspecified atom stereocenters. The molecule has 27 heavy (non-hydrogen) atoms. The van der Waals surface area contributed by atoms with Crippen molar-refractivity contribution in [2.45, 2.75) is 20.8 Å². The number of hydrazine groups is 1. The van der Waals surface area contributed by atoms with Crippen molar-refractivity contribution in [3.8, 4) is 0 Å². The third-order valence-electron chi connectivity index (χ3n) is 4.24. The van der Waals surface area contributed by atoms with Gasteiger partial charge < -0.3 is 5.32 Å². The Balaban J connectivity index is 1.59. The first kappa shape index (κ1) is 18.8. The summed E-state index contributed by atoms with van der Waals surface area (Å²) in [7, 11) is 0. The molecule has 3 aromatic rings. The standard InChI is InChI=1S/C20H20FN3O2S/c1-11-4-6-16(12(2)8-11)22-10-18(25)23-24-20(26)19-13(3)15-9-14(21)5-7-17(15)27-19/h4-9,22H,10H2,1-3H3,(H,23,25)(H,24,26). The number of thiophene rings is 1. The number of anilines is 1. The molecule has 0 spiro atoms. The van der Waals surface area contributed by atoms with Gasteiger partial charge in [0.05, 0.1) is 11.4 Å². The highest BCUT2D eigenvalue weighted by Crippen LogP contribution is 2.31. The molecular weight excluding hydrogens is 365 g/mol. The molecule has 0 aliphatic carbocycles. The third-order valence-corrected chi connectivity index (χ3v) is 5.51. The summed E-state index contributed by atoms with van der Waals surface area (Å²) in [5, 5.41) is 3.74. The second kappa shape index (κ2) is 7.75. The first-order chi connectivity index (χ1) is 12.8. The Kier molecular flexibility index (Phi) is 5.41. The van der Waals surface area contributed by atoms with Crippen LogP contribution in [-0.2, 0) is 4.79 Å². The van der Waals surface area contributed by atoms with Gasteiger partial charge in [-0.05, 0) is 61.5 Å². The Morgan fingerprint density at radius 3 is 2.56 bits per heavy atom. The predicted octanol–water partition coefficient (Wildman–Crippen LogP) is 3.84. The highest BCUT2D eigenvalue weighted by atomic mass is 32.1. The first-order valence-corrected chi connectivity index (χ1v) is 9.26. The lowest BCUT2D eigenvalue weighted by molar-refractivity contribution is -0.120. The number of fused-ring (bicyclic) bond motifs is 1. The largest absolute Gasteiger partial charge is 0.376 e. The maximum Gasteiger partial charge on any atom is 0.280 e. The van der Waals surface area contributed by atoms with E-state index in [1.165, 1.54) is 23.5 Å². The maximum atomic E-state index is 13.4. The smallest absolute Gasteiger partial charge is 0.280 e. The van der Waals surface area contributed by atoms with Crippen LogP contribution in [0.3, 0.4) is 0 Å². The number of halogens is 1. The Morgan fingerprint density at radius 2 is 1.81 bits per heavy atom. The van der Waals surface area contributed by atoms with Crippen LogP contribution in [0.25, 0.3) is 10.1 Å². The van der Waals surface area contributed by atoms with Gasteiger partial charge in [0.25, 0.3) is 11.8 Å². The van der Waals surface area contributed by atoms with E-state index in [0.29, 0.717) is 15.8 Å². The van der Waals surface area contributed by atoms with Gasteiger partial charge in [0.1, 0.15) is 5.82 Å². The van der Waals surface area contributed by atoms with Crippen LogP contribution in [0.2, 0.25) is 0 Å². The summed E-state index contributed by atoms with van der Waals surface area (Å²) in [4.78, 5) is 24.8. The number of carbonyl (C=O) groups excluding carboxylic acids is 2. The van der Waals surface area contributed by atoms with Gasteiger partial charge in [-0.15, -0.1) is 11.3 Å². The van der Waals surface area contributed by atoms with Crippen LogP contribution >= 0.6 is 11.3 Å². The number of benzene rings is 2. The van der Waals surface area contributed by atoms with Crippen LogP contribution in [0.15, 0.2) is 36.4 Å². The molecule has 7 heteroatoms. The van der Waals surface area contributed by atoms with Crippen LogP contribution in [0, 0.1) is 26.6 Å². The van der Waals surface area contributed by atoms with E-state index in [2.05, 4.69) is 16.2 Å². The monoisotopic (exact) mass is 385 g/mol. The lowest BCUT2D eigenvalue weighted by Gasteiger charge is -2.11. The van der Waals surface area contributed by atoms with Crippen LogP contribution in [0.4, 0.5) is 10.1 Å². The number of aryl methyl sites for hydroxylation is 3. The number of carbonyl (C=O) groups is 2. The molecule has 0 aliphatic heterocycles. The average molecular weight is 385 g/mol. The zero-order valence-electron chi connectivity index (χ0n) is 15.3. The SMILES string of the molecule is Cc1ccc(NCC(=O)NNC(=O)c2sc3ccc(F)cc3c2C)c(C)c1. The Hall–Kier alpha value is -2.93. The molecule has 140 valence electrons. The van der Waals surface area contributed by atoms with Gasteiger partial charge in [-0.25, -0.2) is 4.39 Å². The molecule has 3 rings (SSSR count). The van der Waals surface area contributed by atoms with Crippen molar-refractivity contribution in [1.82, 2.24) is 10.9 Å². The van der Waals surface area contributed by atoms with Gasteiger partial charge in [-0.3, -0.25) is 20.4 Å². The predicted molar refractivity (Wildman–Crippen MR) is 107 cm³/mol. The van der Waals surface area contributed by atoms with Gasteiger partial charge in [-0.2, -0.15) is 0 Å². The number of amides is 2. The van der Waals surface area contributed by atoms with E-state index in [0.717, 1.165) is 21.5 Å². The van der Waals surface area contributed by atoms with Crippen molar-refractivity contribution >= 4 is 38.9 Å². The van der Waals surface area contributed by atoms with Crippen LogP contribution in [-0.4, -0.2) is 18.4 Å². The van der Waals surface area contributed by atoms with Gasteiger partial charge in [0.15, 0.2) is 0 Å². The summed E-state index contributed by atoms with van der Waals surface area (Å²) < 4.78 is 14.2. The summed E-state index contributed by atoms with van der Waals surface area (Å²) in [5.41, 5.74) is 8.55. The van der Waals surface area contributed by atoms with Gasteiger partial charge in [-0.1, -0.05) is 17.7 Å². The van der Waals surface area contributed by atoms with E-state index in [1.807, 2.05) is 32.0 Å². The minimum Gasteiger partial charge on any atom is -0.376 e. The molecule has 0 aliphatic rings. The van der Waals surface area contributed by atoms with Crippen molar-refractivity contribution in [3.63, 3.8) is 0 Å². The molecule has 1 aromatic heterocycles. The summed E-state index contributed by atoms with van der Waals surface area (Å²) in [6.45, 7) is 5.75. The van der Waals surface area contributed by atoms with Crippen molar-refractivity contribution in [2.24, 2.45) is 0 Å². The maximum absolute atomic E-state index is 13.4. The minimum atomic E-state index is -0.422. The number of hydrogen-bond acceptors (Lipinski definition) is 4. The second-order valence-electron chi connectivity index (χ2n) is 6.37. The Morgan fingerprint density at radius 1 is 1.04 bits per heavy atom. The minimum absolute atomic E-state index is 0.0286.